The van der Waals surface area contributed by atoms with Gasteiger partial charge in [0.05, 0.1) is 5.56 Å². The van der Waals surface area contributed by atoms with E-state index in [2.05, 4.69) is 10.1 Å². The van der Waals surface area contributed by atoms with Crippen molar-refractivity contribution in [2.24, 2.45) is 5.73 Å². The molecule has 1 aromatic heterocycles. The Morgan fingerprint density at radius 2 is 1.89 bits per heavy atom. The van der Waals surface area contributed by atoms with Crippen molar-refractivity contribution < 1.29 is 22.4 Å². The van der Waals surface area contributed by atoms with Crippen LogP contribution in [0, 0.1) is 5.41 Å². The van der Waals surface area contributed by atoms with Crippen LogP contribution in [0.3, 0.4) is 0 Å². The highest BCUT2D eigenvalue weighted by molar-refractivity contribution is 5.87. The smallest absolute Gasteiger partial charge is 0.416 e. The number of aromatic nitrogens is 2. The molecule has 7 nitrogen and oxygen atoms in total. The molecule has 1 atom stereocenters. The lowest BCUT2D eigenvalue weighted by Crippen LogP contribution is -2.35. The number of nitrogens with two attached hydrogens (primary N) is 1. The predicted octanol–water partition coefficient (Wildman–Crippen LogP) is 5.94. The number of nitrogens with one attached hydrogen (secondary N) is 1. The van der Waals surface area contributed by atoms with Crippen molar-refractivity contribution in [3.05, 3.63) is 77.7 Å². The number of ether oxygens (including phenoxy) is 1. The molecule has 5 rings (SSSR count). The van der Waals surface area contributed by atoms with Gasteiger partial charge in [-0.1, -0.05) is 35.5 Å². The number of likely N-dealkylation sites (tertiary alicyclic amines) is 1. The van der Waals surface area contributed by atoms with Crippen LogP contribution in [0.25, 0.3) is 22.2 Å². The van der Waals surface area contributed by atoms with E-state index in [0.717, 1.165) is 41.3 Å². The molecule has 0 saturated carbocycles. The van der Waals surface area contributed by atoms with Crippen molar-refractivity contribution in [1.82, 2.24) is 15.0 Å². The number of fused-ring (bicyclic) bond motifs is 1. The first-order valence-corrected chi connectivity index (χ1v) is 11.1. The topological polar surface area (TPSA) is 101 Å². The van der Waals surface area contributed by atoms with Crippen LogP contribution in [0.5, 0.6) is 5.75 Å². The Labute approximate surface area is 211 Å². The van der Waals surface area contributed by atoms with Crippen LogP contribution in [-0.4, -0.2) is 27.5 Å². The largest absolute Gasteiger partial charge is 0.489 e. The van der Waals surface area contributed by atoms with E-state index >= 15 is 0 Å². The van der Waals surface area contributed by atoms with Crippen molar-refractivity contribution in [1.29, 1.82) is 5.41 Å². The van der Waals surface area contributed by atoms with Gasteiger partial charge in [-0.05, 0) is 59.5 Å². The third-order valence-electron chi connectivity index (χ3n) is 6.02. The predicted molar refractivity (Wildman–Crippen MR) is 131 cm³/mol. The molecule has 0 amide bonds. The second kappa shape index (κ2) is 10.1. The van der Waals surface area contributed by atoms with Crippen LogP contribution in [0.1, 0.15) is 35.9 Å². The van der Waals surface area contributed by atoms with Gasteiger partial charge in [0.1, 0.15) is 18.4 Å². The van der Waals surface area contributed by atoms with Gasteiger partial charge in [0.2, 0.25) is 11.7 Å². The lowest BCUT2D eigenvalue weighted by Gasteiger charge is -2.21. The molecule has 2 heterocycles. The average molecular weight is 518 g/mol. The average Bonchev–Trinajstić information content (AvgIpc) is 3.52. The van der Waals surface area contributed by atoms with Crippen LogP contribution in [0.2, 0.25) is 0 Å². The SMILES string of the molecule is Cl.N=C(N)N1CCC[C@H]1c1nc(-c2ccc3cc(OCc4cccc(C(F)(F)F)c4)ccc3c2)no1. The van der Waals surface area contributed by atoms with Crippen LogP contribution in [0.4, 0.5) is 13.2 Å². The van der Waals surface area contributed by atoms with Gasteiger partial charge in [-0.2, -0.15) is 18.2 Å². The van der Waals surface area contributed by atoms with Gasteiger partial charge in [-0.15, -0.1) is 12.4 Å². The molecule has 1 aliphatic rings. The van der Waals surface area contributed by atoms with E-state index < -0.39 is 11.7 Å². The molecule has 0 unspecified atom stereocenters. The summed E-state index contributed by atoms with van der Waals surface area (Å²) in [5.74, 6) is 1.42. The molecule has 11 heteroatoms. The molecule has 188 valence electrons. The summed E-state index contributed by atoms with van der Waals surface area (Å²) in [4.78, 5) is 6.28. The molecule has 1 saturated heterocycles. The molecule has 36 heavy (non-hydrogen) atoms. The number of benzene rings is 3. The number of guanidine groups is 1. The molecule has 1 fully saturated rings. The number of hydrogen-bond donors (Lipinski definition) is 2. The minimum atomic E-state index is -4.39. The van der Waals surface area contributed by atoms with Gasteiger partial charge in [-0.3, -0.25) is 5.41 Å². The fraction of sp³-hybridized carbons (Fsp3) is 0.240. The Morgan fingerprint density at radius 1 is 1.11 bits per heavy atom. The van der Waals surface area contributed by atoms with Crippen LogP contribution >= 0.6 is 12.4 Å². The first kappa shape index (κ1) is 25.3. The van der Waals surface area contributed by atoms with E-state index in [-0.39, 0.29) is 31.0 Å². The van der Waals surface area contributed by atoms with E-state index in [1.165, 1.54) is 6.07 Å². The first-order chi connectivity index (χ1) is 16.8. The molecule has 0 spiro atoms. The zero-order chi connectivity index (χ0) is 24.6. The zero-order valence-electron chi connectivity index (χ0n) is 19.0. The van der Waals surface area contributed by atoms with Crippen LogP contribution in [-0.2, 0) is 12.8 Å². The maximum Gasteiger partial charge on any atom is 0.416 e. The summed E-state index contributed by atoms with van der Waals surface area (Å²) in [5.41, 5.74) is 6.18. The Hall–Kier alpha value is -3.79. The van der Waals surface area contributed by atoms with Crippen LogP contribution in [0.15, 0.2) is 65.2 Å². The summed E-state index contributed by atoms with van der Waals surface area (Å²) in [6.07, 6.45) is -2.70. The third-order valence-corrected chi connectivity index (χ3v) is 6.02. The minimum absolute atomic E-state index is 0. The highest BCUT2D eigenvalue weighted by atomic mass is 35.5. The molecule has 3 aromatic carbocycles. The first-order valence-electron chi connectivity index (χ1n) is 11.1. The van der Waals surface area contributed by atoms with E-state index in [0.29, 0.717) is 29.6 Å². The third kappa shape index (κ3) is 5.23. The van der Waals surface area contributed by atoms with Gasteiger partial charge in [0.15, 0.2) is 5.96 Å². The van der Waals surface area contributed by atoms with Crippen molar-refractivity contribution in [2.45, 2.75) is 31.7 Å². The lowest BCUT2D eigenvalue weighted by atomic mass is 10.1. The van der Waals surface area contributed by atoms with Gasteiger partial charge in [0.25, 0.3) is 0 Å². The summed E-state index contributed by atoms with van der Waals surface area (Å²) in [6, 6.07) is 16.1. The molecular weight excluding hydrogens is 495 g/mol. The van der Waals surface area contributed by atoms with Gasteiger partial charge in [-0.25, -0.2) is 0 Å². The summed E-state index contributed by atoms with van der Waals surface area (Å²) in [7, 11) is 0. The second-order valence-electron chi connectivity index (χ2n) is 8.40. The fourth-order valence-electron chi connectivity index (χ4n) is 4.26. The fourth-order valence-corrected chi connectivity index (χ4v) is 4.26. The number of nitrogens with zero attached hydrogens (tertiary/aromatic N) is 3. The quantitative estimate of drug-likeness (QED) is 0.251. The Bertz CT molecular complexity index is 1390. The number of halogens is 4. The molecular formula is C25H23ClF3N5O2. The second-order valence-corrected chi connectivity index (χ2v) is 8.40. The molecule has 0 bridgehead atoms. The molecule has 3 N–H and O–H groups in total. The maximum atomic E-state index is 12.9. The van der Waals surface area contributed by atoms with E-state index in [1.54, 1.807) is 17.0 Å². The molecule has 0 aliphatic carbocycles. The summed E-state index contributed by atoms with van der Waals surface area (Å²) in [6.45, 7) is 0.712. The minimum Gasteiger partial charge on any atom is -0.489 e. The monoisotopic (exact) mass is 517 g/mol. The van der Waals surface area contributed by atoms with Crippen LogP contribution < -0.4 is 10.5 Å². The van der Waals surface area contributed by atoms with Gasteiger partial charge in [0, 0.05) is 12.1 Å². The van der Waals surface area contributed by atoms with Crippen molar-refractivity contribution in [3.8, 4) is 17.1 Å². The Balaban J connectivity index is 0.00000304. The normalized spacial score (nSPS) is 15.6. The molecule has 0 radical (unpaired) electrons. The summed E-state index contributed by atoms with van der Waals surface area (Å²) >= 11 is 0. The summed E-state index contributed by atoms with van der Waals surface area (Å²) in [5, 5.41) is 13.7. The lowest BCUT2D eigenvalue weighted by molar-refractivity contribution is -0.137. The van der Waals surface area contributed by atoms with Crippen molar-refractivity contribution in [2.75, 3.05) is 6.54 Å². The van der Waals surface area contributed by atoms with Gasteiger partial charge < -0.3 is 19.9 Å². The number of rotatable bonds is 5. The van der Waals surface area contributed by atoms with Crippen molar-refractivity contribution in [3.63, 3.8) is 0 Å². The molecule has 4 aromatic rings. The van der Waals surface area contributed by atoms with E-state index in [1.807, 2.05) is 30.3 Å². The summed E-state index contributed by atoms with van der Waals surface area (Å²) < 4.78 is 50.0. The Kier molecular flexibility index (Phi) is 7.07. The zero-order valence-corrected chi connectivity index (χ0v) is 19.8. The highest BCUT2D eigenvalue weighted by Gasteiger charge is 2.32. The van der Waals surface area contributed by atoms with Gasteiger partial charge >= 0.3 is 6.18 Å². The Morgan fingerprint density at radius 3 is 2.67 bits per heavy atom. The van der Waals surface area contributed by atoms with E-state index in [4.69, 9.17) is 20.4 Å². The van der Waals surface area contributed by atoms with E-state index in [9.17, 15) is 13.2 Å². The van der Waals surface area contributed by atoms with Crippen molar-refractivity contribution >= 4 is 29.1 Å². The standard InChI is InChI=1S/C25H22F3N5O2.ClH/c26-25(27,28)19-4-1-3-15(11-19)14-34-20-9-8-16-12-18(7-6-17(16)13-20)22-31-23(35-32-22)21-5-2-10-33(21)24(29)30;/h1,3-4,6-9,11-13,21H,2,5,10,14H2,(H3,29,30);1H/t21-;/m0./s1. The highest BCUT2D eigenvalue weighted by Crippen LogP contribution is 2.33. The molecule has 1 aliphatic heterocycles. The number of hydrogen-bond acceptors (Lipinski definition) is 5. The maximum absolute atomic E-state index is 12.9. The number of alkyl halides is 3.